The largest absolute Gasteiger partial charge is 0.334 e. The van der Waals surface area contributed by atoms with Crippen molar-refractivity contribution < 1.29 is 4.79 Å². The van der Waals surface area contributed by atoms with Crippen LogP contribution in [0.15, 0.2) is 96.0 Å². The van der Waals surface area contributed by atoms with Crippen molar-refractivity contribution in [2.24, 2.45) is 19.1 Å². The molecule has 2 amide bonds. The zero-order valence-corrected chi connectivity index (χ0v) is 25.0. The van der Waals surface area contributed by atoms with Crippen LogP contribution in [-0.4, -0.2) is 43.8 Å². The van der Waals surface area contributed by atoms with Gasteiger partial charge in [0.25, 0.3) is 0 Å². The van der Waals surface area contributed by atoms with Crippen LogP contribution in [0.25, 0.3) is 11.1 Å². The highest BCUT2D eigenvalue weighted by atomic mass is 16.2. The zero-order chi connectivity index (χ0) is 30.5. The fourth-order valence-corrected chi connectivity index (χ4v) is 5.97. The van der Waals surface area contributed by atoms with Crippen LogP contribution in [0, 0.1) is 11.3 Å². The van der Waals surface area contributed by atoms with Gasteiger partial charge >= 0.3 is 6.03 Å². The fourth-order valence-electron chi connectivity index (χ4n) is 5.97. The van der Waals surface area contributed by atoms with Crippen LogP contribution >= 0.6 is 0 Å². The van der Waals surface area contributed by atoms with Crippen molar-refractivity contribution in [1.82, 2.24) is 30.2 Å². The third-order valence-corrected chi connectivity index (χ3v) is 8.15. The molecule has 224 valence electrons. The Bertz CT molecular complexity index is 1690. The third kappa shape index (κ3) is 6.11. The van der Waals surface area contributed by atoms with Crippen LogP contribution in [-0.2, 0) is 20.6 Å². The summed E-state index contributed by atoms with van der Waals surface area (Å²) in [7, 11) is 3.75. The summed E-state index contributed by atoms with van der Waals surface area (Å²) in [5.41, 5.74) is 3.48. The molecular weight excluding hydrogens is 552 g/mol. The van der Waals surface area contributed by atoms with Gasteiger partial charge in [0.2, 0.25) is 0 Å². The predicted molar refractivity (Wildman–Crippen MR) is 170 cm³/mol. The first kappa shape index (κ1) is 28.9. The first-order chi connectivity index (χ1) is 21.4. The number of urea groups is 1. The van der Waals surface area contributed by atoms with Crippen molar-refractivity contribution in [3.63, 3.8) is 0 Å². The molecule has 0 spiro atoms. The first-order valence-corrected chi connectivity index (χ1v) is 14.9. The molecule has 0 radical (unpaired) electrons. The minimum Gasteiger partial charge on any atom is -0.334 e. The lowest BCUT2D eigenvalue weighted by Crippen LogP contribution is -2.68. The SMILES string of the molecule is Cn1cc(-c2ccc(N(C(=O)NCc3ccccc3)C3(NC4N=CC(C#N)=CN4c4ccn(C)n4)CCCCC3)cc2)cn1. The summed E-state index contributed by atoms with van der Waals surface area (Å²) >= 11 is 0. The molecule has 3 heterocycles. The molecule has 2 aromatic heterocycles. The number of carbonyl (C=O) groups excluding carboxylic acids is 1. The number of aryl methyl sites for hydroxylation is 2. The molecule has 1 aliphatic heterocycles. The van der Waals surface area contributed by atoms with Crippen molar-refractivity contribution in [2.45, 2.75) is 50.6 Å². The van der Waals surface area contributed by atoms with Crippen LogP contribution in [0.1, 0.15) is 37.7 Å². The zero-order valence-electron chi connectivity index (χ0n) is 25.0. The number of rotatable bonds is 8. The molecule has 4 aromatic rings. The molecule has 1 saturated carbocycles. The van der Waals surface area contributed by atoms with Gasteiger partial charge in [-0.05, 0) is 48.9 Å². The number of nitrogens with one attached hydrogen (secondary N) is 2. The maximum absolute atomic E-state index is 14.3. The molecule has 1 fully saturated rings. The molecule has 0 saturated heterocycles. The molecule has 44 heavy (non-hydrogen) atoms. The second kappa shape index (κ2) is 12.6. The number of nitrogens with zero attached hydrogens (tertiary/aromatic N) is 8. The van der Waals surface area contributed by atoms with Gasteiger partial charge in [-0.15, -0.1) is 0 Å². The van der Waals surface area contributed by atoms with E-state index in [-0.39, 0.29) is 6.03 Å². The summed E-state index contributed by atoms with van der Waals surface area (Å²) in [5, 5.41) is 25.5. The maximum Gasteiger partial charge on any atom is 0.323 e. The minimum absolute atomic E-state index is 0.199. The van der Waals surface area contributed by atoms with E-state index in [4.69, 9.17) is 4.99 Å². The number of aliphatic imine (C=N–C) groups is 1. The van der Waals surface area contributed by atoms with Crippen LogP contribution in [0.2, 0.25) is 0 Å². The number of aromatic nitrogens is 4. The molecule has 2 aliphatic rings. The molecule has 11 heteroatoms. The second-order valence-electron chi connectivity index (χ2n) is 11.3. The van der Waals surface area contributed by atoms with Gasteiger partial charge in [0.1, 0.15) is 11.7 Å². The number of hydrogen-bond donors (Lipinski definition) is 2. The van der Waals surface area contributed by atoms with E-state index in [1.54, 1.807) is 21.8 Å². The Hall–Kier alpha value is -5.21. The van der Waals surface area contributed by atoms with Crippen LogP contribution in [0.3, 0.4) is 0 Å². The van der Waals surface area contributed by atoms with E-state index in [1.165, 1.54) is 0 Å². The highest BCUT2D eigenvalue weighted by Crippen LogP contribution is 2.37. The monoisotopic (exact) mass is 588 g/mol. The van der Waals surface area contributed by atoms with Crippen molar-refractivity contribution in [1.29, 1.82) is 5.26 Å². The van der Waals surface area contributed by atoms with Crippen molar-refractivity contribution >= 4 is 23.8 Å². The van der Waals surface area contributed by atoms with Gasteiger partial charge in [0, 0.05) is 62.8 Å². The third-order valence-electron chi connectivity index (χ3n) is 8.15. The van der Waals surface area contributed by atoms with E-state index in [2.05, 4.69) is 26.9 Å². The van der Waals surface area contributed by atoms with Gasteiger partial charge in [-0.1, -0.05) is 48.9 Å². The first-order valence-electron chi connectivity index (χ1n) is 14.9. The summed E-state index contributed by atoms with van der Waals surface area (Å²) in [4.78, 5) is 22.8. The van der Waals surface area contributed by atoms with Crippen LogP contribution in [0.5, 0.6) is 0 Å². The number of hydrogen-bond acceptors (Lipinski definition) is 7. The van der Waals surface area contributed by atoms with E-state index in [0.29, 0.717) is 17.9 Å². The van der Waals surface area contributed by atoms with E-state index in [9.17, 15) is 10.1 Å². The topological polar surface area (TPSA) is 119 Å². The molecule has 2 aromatic carbocycles. The van der Waals surface area contributed by atoms with E-state index in [0.717, 1.165) is 54.5 Å². The lowest BCUT2D eigenvalue weighted by molar-refractivity contribution is 0.188. The van der Waals surface area contributed by atoms with Crippen molar-refractivity contribution in [3.8, 4) is 17.2 Å². The van der Waals surface area contributed by atoms with E-state index >= 15 is 0 Å². The average molecular weight is 589 g/mol. The Morgan fingerprint density at radius 3 is 2.45 bits per heavy atom. The van der Waals surface area contributed by atoms with E-state index in [1.807, 2.05) is 103 Å². The summed E-state index contributed by atoms with van der Waals surface area (Å²) in [6.07, 6.45) is 12.8. The van der Waals surface area contributed by atoms with Gasteiger partial charge in [-0.25, -0.2) is 4.79 Å². The van der Waals surface area contributed by atoms with Gasteiger partial charge in [-0.3, -0.25) is 29.5 Å². The van der Waals surface area contributed by atoms with Gasteiger partial charge in [0.05, 0.1) is 11.8 Å². The van der Waals surface area contributed by atoms with Gasteiger partial charge in [0.15, 0.2) is 12.1 Å². The Labute approximate surface area is 257 Å². The van der Waals surface area contributed by atoms with Crippen molar-refractivity contribution in [3.05, 3.63) is 96.6 Å². The Balaban J connectivity index is 1.38. The summed E-state index contributed by atoms with van der Waals surface area (Å²) in [6.45, 7) is 0.399. The molecule has 6 rings (SSSR count). The normalized spacial score (nSPS) is 17.5. The van der Waals surface area contributed by atoms with Gasteiger partial charge < -0.3 is 5.32 Å². The molecular formula is C33H36N10O. The summed E-state index contributed by atoms with van der Waals surface area (Å²) in [5.74, 6) is 0.654. The predicted octanol–water partition coefficient (Wildman–Crippen LogP) is 5.07. The lowest BCUT2D eigenvalue weighted by atomic mass is 9.86. The van der Waals surface area contributed by atoms with E-state index < -0.39 is 12.0 Å². The number of carbonyl (C=O) groups is 1. The Morgan fingerprint density at radius 2 is 1.80 bits per heavy atom. The molecule has 1 aliphatic carbocycles. The quantitative estimate of drug-likeness (QED) is 0.278. The summed E-state index contributed by atoms with van der Waals surface area (Å²) < 4.78 is 3.49. The van der Waals surface area contributed by atoms with Crippen molar-refractivity contribution in [2.75, 3.05) is 9.80 Å². The van der Waals surface area contributed by atoms with Crippen LogP contribution in [0.4, 0.5) is 16.3 Å². The number of allylic oxidation sites excluding steroid dienone is 1. The van der Waals surface area contributed by atoms with Crippen LogP contribution < -0.4 is 20.4 Å². The molecule has 1 atom stereocenters. The summed E-state index contributed by atoms with van der Waals surface area (Å²) in [6, 6.07) is 21.8. The Kier molecular flexibility index (Phi) is 8.25. The molecule has 0 bridgehead atoms. The number of anilines is 2. The number of nitriles is 1. The highest BCUT2D eigenvalue weighted by molar-refractivity contribution is 5.94. The molecule has 2 N–H and O–H groups in total. The standard InChI is InChI=1S/C33H36N10O/c1-40-18-15-30(39-40)42-23-26(19-34)21-35-31(42)38-33(16-7-4-8-17-33)43(32(44)36-20-25-9-5-3-6-10-25)29-13-11-27(12-14-29)28-22-37-41(2)24-28/h3,5-6,9-15,18,21-24,31,38H,4,7-8,16-17,20H2,1-2H3,(H,36,44). The smallest absolute Gasteiger partial charge is 0.323 e. The second-order valence-corrected chi connectivity index (χ2v) is 11.3. The Morgan fingerprint density at radius 1 is 1.02 bits per heavy atom. The molecule has 1 unspecified atom stereocenters. The number of benzene rings is 2. The van der Waals surface area contributed by atoms with Gasteiger partial charge in [-0.2, -0.15) is 15.5 Å². The maximum atomic E-state index is 14.3. The highest BCUT2D eigenvalue weighted by Gasteiger charge is 2.44. The minimum atomic E-state index is -0.762. The molecule has 11 nitrogen and oxygen atoms in total. The number of amides is 2. The fraction of sp³-hybridized carbons (Fsp3) is 0.303. The average Bonchev–Trinajstić information content (AvgIpc) is 3.69. The lowest BCUT2D eigenvalue weighted by Gasteiger charge is -2.49.